The molecule has 2 N–H and O–H groups in total. The lowest BCUT2D eigenvalue weighted by atomic mass is 10.1. The third-order valence-corrected chi connectivity index (χ3v) is 2.66. The van der Waals surface area contributed by atoms with Gasteiger partial charge in [-0.1, -0.05) is 12.1 Å². The van der Waals surface area contributed by atoms with Crippen LogP contribution in [0, 0.1) is 0 Å². The number of hydrogen-bond donors (Lipinski definition) is 2. The Morgan fingerprint density at radius 3 is 2.65 bits per heavy atom. The molecule has 1 aromatic heterocycles. The van der Waals surface area contributed by atoms with Crippen LogP contribution in [-0.2, 0) is 12.6 Å². The molecule has 0 unspecified atom stereocenters. The lowest BCUT2D eigenvalue weighted by Crippen LogP contribution is -2.10. The molecule has 0 spiro atoms. The van der Waals surface area contributed by atoms with Crippen molar-refractivity contribution in [1.82, 2.24) is 10.3 Å². The summed E-state index contributed by atoms with van der Waals surface area (Å²) < 4.78 is 37.5. The minimum atomic E-state index is -4.32. The Hall–Kier alpha value is -1.49. The van der Waals surface area contributed by atoms with Crippen LogP contribution < -0.4 is 5.32 Å². The number of rotatable bonds is 3. The van der Waals surface area contributed by atoms with Crippen molar-refractivity contribution in [3.8, 4) is 0 Å². The molecule has 0 fully saturated rings. The summed E-state index contributed by atoms with van der Waals surface area (Å²) in [5.74, 6) is 0. The summed E-state index contributed by atoms with van der Waals surface area (Å²) in [6.45, 7) is 0.804. The number of nitrogens with one attached hydrogen (secondary N) is 2. The monoisotopic (exact) mass is 242 g/mol. The first kappa shape index (κ1) is 12.0. The average Bonchev–Trinajstić information content (AvgIpc) is 2.68. The SMILES string of the molecule is CNCCc1ccc2cc(C(F)(F)F)[nH]c2c1. The fourth-order valence-electron chi connectivity index (χ4n) is 1.75. The quantitative estimate of drug-likeness (QED) is 0.850. The molecule has 2 rings (SSSR count). The summed E-state index contributed by atoms with van der Waals surface area (Å²) in [5, 5.41) is 3.59. The number of likely N-dealkylation sites (N-methyl/N-ethyl adjacent to an activating group) is 1. The Kier molecular flexibility index (Phi) is 3.11. The number of benzene rings is 1. The molecule has 0 saturated carbocycles. The highest BCUT2D eigenvalue weighted by Crippen LogP contribution is 2.31. The van der Waals surface area contributed by atoms with E-state index in [4.69, 9.17) is 0 Å². The number of alkyl halides is 3. The van der Waals surface area contributed by atoms with E-state index < -0.39 is 11.9 Å². The predicted octanol–water partition coefficient (Wildman–Crippen LogP) is 2.95. The smallest absolute Gasteiger partial charge is 0.351 e. The highest BCUT2D eigenvalue weighted by atomic mass is 19.4. The maximum absolute atomic E-state index is 12.5. The molecular formula is C12H13F3N2. The lowest BCUT2D eigenvalue weighted by molar-refractivity contribution is -0.140. The standard InChI is InChI=1S/C12H13F3N2/c1-16-5-4-8-2-3-9-7-11(12(13,14)15)17-10(9)6-8/h2-3,6-7,16-17H,4-5H2,1H3. The first-order valence-corrected chi connectivity index (χ1v) is 5.34. The second-order valence-electron chi connectivity index (χ2n) is 3.96. The third-order valence-electron chi connectivity index (χ3n) is 2.66. The topological polar surface area (TPSA) is 27.8 Å². The molecule has 0 radical (unpaired) electrons. The summed E-state index contributed by atoms with van der Waals surface area (Å²) in [7, 11) is 1.84. The van der Waals surface area contributed by atoms with Crippen LogP contribution in [0.15, 0.2) is 24.3 Å². The van der Waals surface area contributed by atoms with Crippen LogP contribution in [0.3, 0.4) is 0 Å². The number of aromatic nitrogens is 1. The number of fused-ring (bicyclic) bond motifs is 1. The molecule has 5 heteroatoms. The zero-order chi connectivity index (χ0) is 12.5. The van der Waals surface area contributed by atoms with Crippen molar-refractivity contribution < 1.29 is 13.2 Å². The van der Waals surface area contributed by atoms with Crippen molar-refractivity contribution in [3.63, 3.8) is 0 Å². The van der Waals surface area contributed by atoms with Crippen LogP contribution in [0.4, 0.5) is 13.2 Å². The molecule has 2 aromatic rings. The van der Waals surface area contributed by atoms with Gasteiger partial charge in [-0.15, -0.1) is 0 Å². The largest absolute Gasteiger partial charge is 0.431 e. The summed E-state index contributed by atoms with van der Waals surface area (Å²) >= 11 is 0. The van der Waals surface area contributed by atoms with E-state index in [1.54, 1.807) is 12.1 Å². The number of halogens is 3. The zero-order valence-corrected chi connectivity index (χ0v) is 9.36. The van der Waals surface area contributed by atoms with Gasteiger partial charge in [-0.3, -0.25) is 0 Å². The Bertz CT molecular complexity index is 514. The minimum absolute atomic E-state index is 0.533. The second-order valence-corrected chi connectivity index (χ2v) is 3.96. The van der Waals surface area contributed by atoms with Gasteiger partial charge in [0.05, 0.1) is 0 Å². The molecule has 0 atom stereocenters. The van der Waals surface area contributed by atoms with Crippen LogP contribution >= 0.6 is 0 Å². The van der Waals surface area contributed by atoms with Crippen LogP contribution in [-0.4, -0.2) is 18.6 Å². The molecule has 17 heavy (non-hydrogen) atoms. The van der Waals surface area contributed by atoms with Crippen molar-refractivity contribution in [2.75, 3.05) is 13.6 Å². The molecule has 0 aliphatic carbocycles. The van der Waals surface area contributed by atoms with Crippen molar-refractivity contribution >= 4 is 10.9 Å². The van der Waals surface area contributed by atoms with E-state index in [1.165, 1.54) is 0 Å². The summed E-state index contributed by atoms with van der Waals surface area (Å²) in [6, 6.07) is 6.47. The molecule has 0 aliphatic heterocycles. The van der Waals surface area contributed by atoms with Crippen LogP contribution in [0.1, 0.15) is 11.3 Å². The fourth-order valence-corrected chi connectivity index (χ4v) is 1.75. The van der Waals surface area contributed by atoms with E-state index in [-0.39, 0.29) is 0 Å². The molecular weight excluding hydrogens is 229 g/mol. The molecule has 0 aliphatic rings. The van der Waals surface area contributed by atoms with E-state index in [1.807, 2.05) is 13.1 Å². The van der Waals surface area contributed by atoms with Gasteiger partial charge in [-0.25, -0.2) is 0 Å². The average molecular weight is 242 g/mol. The number of H-pyrrole nitrogens is 1. The van der Waals surface area contributed by atoms with Gasteiger partial charge in [0.25, 0.3) is 0 Å². The van der Waals surface area contributed by atoms with E-state index in [2.05, 4.69) is 10.3 Å². The Morgan fingerprint density at radius 2 is 2.00 bits per heavy atom. The van der Waals surface area contributed by atoms with E-state index >= 15 is 0 Å². The molecule has 2 nitrogen and oxygen atoms in total. The van der Waals surface area contributed by atoms with Gasteiger partial charge in [0.15, 0.2) is 0 Å². The highest BCUT2D eigenvalue weighted by Gasteiger charge is 2.32. The van der Waals surface area contributed by atoms with E-state index in [0.717, 1.165) is 24.6 Å². The maximum Gasteiger partial charge on any atom is 0.431 e. The second kappa shape index (κ2) is 4.41. The van der Waals surface area contributed by atoms with E-state index in [9.17, 15) is 13.2 Å². The van der Waals surface area contributed by atoms with Gasteiger partial charge in [0.2, 0.25) is 0 Å². The first-order chi connectivity index (χ1) is 8.00. The van der Waals surface area contributed by atoms with Gasteiger partial charge in [0, 0.05) is 10.9 Å². The highest BCUT2D eigenvalue weighted by molar-refractivity contribution is 5.81. The molecule has 0 bridgehead atoms. The number of hydrogen-bond acceptors (Lipinski definition) is 1. The fraction of sp³-hybridized carbons (Fsp3) is 0.333. The van der Waals surface area contributed by atoms with Crippen LogP contribution in [0.2, 0.25) is 0 Å². The van der Waals surface area contributed by atoms with Crippen LogP contribution in [0.5, 0.6) is 0 Å². The van der Waals surface area contributed by atoms with Crippen LogP contribution in [0.25, 0.3) is 10.9 Å². The van der Waals surface area contributed by atoms with E-state index in [0.29, 0.717) is 10.9 Å². The predicted molar refractivity (Wildman–Crippen MR) is 60.9 cm³/mol. The summed E-state index contributed by atoms with van der Waals surface area (Å²) in [5.41, 5.74) is 0.853. The molecule has 1 heterocycles. The Morgan fingerprint density at radius 1 is 1.24 bits per heavy atom. The Balaban J connectivity index is 2.34. The summed E-state index contributed by atoms with van der Waals surface area (Å²) in [6.07, 6.45) is -3.52. The van der Waals surface area contributed by atoms with Gasteiger partial charge in [-0.05, 0) is 37.7 Å². The molecule has 0 saturated heterocycles. The minimum Gasteiger partial charge on any atom is -0.351 e. The summed E-state index contributed by atoms with van der Waals surface area (Å²) in [4.78, 5) is 2.41. The third kappa shape index (κ3) is 2.61. The Labute approximate surface area is 96.8 Å². The molecule has 0 amide bonds. The van der Waals surface area contributed by atoms with Gasteiger partial charge in [-0.2, -0.15) is 13.2 Å². The first-order valence-electron chi connectivity index (χ1n) is 5.34. The van der Waals surface area contributed by atoms with Crippen molar-refractivity contribution in [1.29, 1.82) is 0 Å². The molecule has 92 valence electrons. The van der Waals surface area contributed by atoms with Gasteiger partial charge < -0.3 is 10.3 Å². The maximum atomic E-state index is 12.5. The normalized spacial score (nSPS) is 12.2. The zero-order valence-electron chi connectivity index (χ0n) is 9.36. The van der Waals surface area contributed by atoms with Crippen molar-refractivity contribution in [2.24, 2.45) is 0 Å². The van der Waals surface area contributed by atoms with Crippen molar-refractivity contribution in [3.05, 3.63) is 35.5 Å². The molecule has 1 aromatic carbocycles. The van der Waals surface area contributed by atoms with Gasteiger partial charge in [0.1, 0.15) is 5.69 Å². The lowest BCUT2D eigenvalue weighted by Gasteiger charge is -2.01. The van der Waals surface area contributed by atoms with Crippen molar-refractivity contribution in [2.45, 2.75) is 12.6 Å². The number of aromatic amines is 1. The van der Waals surface area contributed by atoms with Gasteiger partial charge >= 0.3 is 6.18 Å².